The summed E-state index contributed by atoms with van der Waals surface area (Å²) < 4.78 is 2.11. The fourth-order valence-electron chi connectivity index (χ4n) is 1.51. The number of thioether (sulfide) groups is 1. The predicted octanol–water partition coefficient (Wildman–Crippen LogP) is 1.40. The predicted molar refractivity (Wildman–Crippen MR) is 57.1 cm³/mol. The summed E-state index contributed by atoms with van der Waals surface area (Å²) >= 11 is 1.85. The molecule has 0 atom stereocenters. The van der Waals surface area contributed by atoms with Gasteiger partial charge in [-0.1, -0.05) is 18.2 Å². The molecule has 1 aromatic rings. The fourth-order valence-corrected chi connectivity index (χ4v) is 2.83. The van der Waals surface area contributed by atoms with E-state index in [9.17, 15) is 0 Å². The summed E-state index contributed by atoms with van der Waals surface area (Å²) in [7, 11) is 0. The van der Waals surface area contributed by atoms with Gasteiger partial charge in [-0.15, -0.1) is 10.2 Å². The number of rotatable bonds is 4. The standard InChI is InChI=1S/C9H16N4S/c1-2-13-8(6-10)11-12-9(13)14-7-4-3-5-7/h7H,2-6,10H2,1H3. The Morgan fingerprint density at radius 3 is 2.79 bits per heavy atom. The lowest BCUT2D eigenvalue weighted by Gasteiger charge is -2.23. The number of nitrogens with two attached hydrogens (primary N) is 1. The van der Waals surface area contributed by atoms with Crippen molar-refractivity contribution in [2.75, 3.05) is 0 Å². The Bertz CT molecular complexity index is 306. The normalized spacial score (nSPS) is 17.0. The molecule has 1 aliphatic carbocycles. The lowest BCUT2D eigenvalue weighted by molar-refractivity contribution is 0.518. The average molecular weight is 212 g/mol. The highest BCUT2D eigenvalue weighted by Gasteiger charge is 2.21. The zero-order valence-corrected chi connectivity index (χ0v) is 9.26. The second kappa shape index (κ2) is 4.31. The lowest BCUT2D eigenvalue weighted by Crippen LogP contribution is -2.15. The first-order valence-corrected chi connectivity index (χ1v) is 6.02. The number of aromatic nitrogens is 3. The minimum Gasteiger partial charge on any atom is -0.324 e. The van der Waals surface area contributed by atoms with Gasteiger partial charge in [-0.3, -0.25) is 0 Å². The van der Waals surface area contributed by atoms with Gasteiger partial charge in [0.15, 0.2) is 5.16 Å². The van der Waals surface area contributed by atoms with Crippen molar-refractivity contribution < 1.29 is 0 Å². The van der Waals surface area contributed by atoms with Gasteiger partial charge in [0.25, 0.3) is 0 Å². The third-order valence-corrected chi connectivity index (χ3v) is 3.93. The summed E-state index contributed by atoms with van der Waals surface area (Å²) in [6, 6.07) is 0. The Hall–Kier alpha value is -0.550. The second-order valence-corrected chi connectivity index (χ2v) is 4.79. The van der Waals surface area contributed by atoms with Crippen molar-refractivity contribution in [1.82, 2.24) is 14.8 Å². The lowest BCUT2D eigenvalue weighted by atomic mass is 10.0. The van der Waals surface area contributed by atoms with Crippen LogP contribution in [0.15, 0.2) is 5.16 Å². The van der Waals surface area contributed by atoms with Crippen LogP contribution in [0.1, 0.15) is 32.0 Å². The van der Waals surface area contributed by atoms with E-state index in [4.69, 9.17) is 5.73 Å². The quantitative estimate of drug-likeness (QED) is 0.819. The molecule has 0 aliphatic heterocycles. The Kier molecular flexibility index (Phi) is 3.08. The maximum atomic E-state index is 5.58. The van der Waals surface area contributed by atoms with Gasteiger partial charge in [0.05, 0.1) is 6.54 Å². The first kappa shape index (κ1) is 9.98. The summed E-state index contributed by atoms with van der Waals surface area (Å²) in [5, 5.41) is 10.1. The van der Waals surface area contributed by atoms with Gasteiger partial charge >= 0.3 is 0 Å². The van der Waals surface area contributed by atoms with E-state index in [2.05, 4.69) is 21.7 Å². The Balaban J connectivity index is 2.10. The van der Waals surface area contributed by atoms with Gasteiger partial charge in [0.1, 0.15) is 5.82 Å². The van der Waals surface area contributed by atoms with Crippen LogP contribution >= 0.6 is 11.8 Å². The van der Waals surface area contributed by atoms with Gasteiger partial charge in [0.2, 0.25) is 0 Å². The van der Waals surface area contributed by atoms with Crippen molar-refractivity contribution in [3.8, 4) is 0 Å². The molecule has 1 fully saturated rings. The minimum absolute atomic E-state index is 0.478. The highest BCUT2D eigenvalue weighted by atomic mass is 32.2. The van der Waals surface area contributed by atoms with E-state index in [1.54, 1.807) is 0 Å². The van der Waals surface area contributed by atoms with Crippen molar-refractivity contribution in [2.24, 2.45) is 5.73 Å². The van der Waals surface area contributed by atoms with Crippen LogP contribution in [0.25, 0.3) is 0 Å². The van der Waals surface area contributed by atoms with Crippen LogP contribution < -0.4 is 5.73 Å². The summed E-state index contributed by atoms with van der Waals surface area (Å²) in [6.07, 6.45) is 4.00. The summed E-state index contributed by atoms with van der Waals surface area (Å²) in [4.78, 5) is 0. The molecule has 0 saturated heterocycles. The first-order chi connectivity index (χ1) is 6.85. The highest BCUT2D eigenvalue weighted by Crippen LogP contribution is 2.35. The van der Waals surface area contributed by atoms with Crippen LogP contribution in [0.4, 0.5) is 0 Å². The molecule has 1 aliphatic rings. The van der Waals surface area contributed by atoms with E-state index in [1.807, 2.05) is 11.8 Å². The van der Waals surface area contributed by atoms with E-state index >= 15 is 0 Å². The van der Waals surface area contributed by atoms with Crippen molar-refractivity contribution in [3.05, 3.63) is 5.82 Å². The first-order valence-electron chi connectivity index (χ1n) is 5.14. The zero-order chi connectivity index (χ0) is 9.97. The molecular formula is C9H16N4S. The molecule has 0 radical (unpaired) electrons. The van der Waals surface area contributed by atoms with Gasteiger partial charge in [0, 0.05) is 11.8 Å². The number of hydrogen-bond donors (Lipinski definition) is 1. The Morgan fingerprint density at radius 1 is 1.50 bits per heavy atom. The Labute approximate surface area is 88.3 Å². The van der Waals surface area contributed by atoms with E-state index in [-0.39, 0.29) is 0 Å². The topological polar surface area (TPSA) is 56.7 Å². The molecule has 0 aromatic carbocycles. The fraction of sp³-hybridized carbons (Fsp3) is 0.778. The van der Waals surface area contributed by atoms with Crippen LogP contribution in [-0.4, -0.2) is 20.0 Å². The maximum Gasteiger partial charge on any atom is 0.191 e. The van der Waals surface area contributed by atoms with E-state index in [0.29, 0.717) is 6.54 Å². The van der Waals surface area contributed by atoms with E-state index < -0.39 is 0 Å². The molecule has 0 bridgehead atoms. The van der Waals surface area contributed by atoms with Gasteiger partial charge in [-0.25, -0.2) is 0 Å². The van der Waals surface area contributed by atoms with Crippen LogP contribution in [0.3, 0.4) is 0 Å². The minimum atomic E-state index is 0.478. The molecule has 78 valence electrons. The van der Waals surface area contributed by atoms with Gasteiger partial charge in [-0.2, -0.15) is 0 Å². The molecule has 2 rings (SSSR count). The average Bonchev–Trinajstić information content (AvgIpc) is 2.53. The van der Waals surface area contributed by atoms with Crippen molar-refractivity contribution in [3.63, 3.8) is 0 Å². The third kappa shape index (κ3) is 1.79. The highest BCUT2D eigenvalue weighted by molar-refractivity contribution is 7.99. The van der Waals surface area contributed by atoms with Crippen molar-refractivity contribution in [1.29, 1.82) is 0 Å². The van der Waals surface area contributed by atoms with Gasteiger partial charge in [-0.05, 0) is 19.8 Å². The molecule has 0 amide bonds. The summed E-state index contributed by atoms with van der Waals surface area (Å²) in [5.74, 6) is 0.898. The maximum absolute atomic E-state index is 5.58. The molecule has 14 heavy (non-hydrogen) atoms. The van der Waals surface area contributed by atoms with E-state index in [0.717, 1.165) is 22.8 Å². The number of nitrogens with zero attached hydrogens (tertiary/aromatic N) is 3. The zero-order valence-electron chi connectivity index (χ0n) is 8.44. The molecule has 2 N–H and O–H groups in total. The summed E-state index contributed by atoms with van der Waals surface area (Å²) in [5.41, 5.74) is 5.58. The molecule has 4 nitrogen and oxygen atoms in total. The largest absolute Gasteiger partial charge is 0.324 e. The van der Waals surface area contributed by atoms with Crippen molar-refractivity contribution in [2.45, 2.75) is 49.7 Å². The van der Waals surface area contributed by atoms with Crippen molar-refractivity contribution >= 4 is 11.8 Å². The molecule has 1 aromatic heterocycles. The molecular weight excluding hydrogens is 196 g/mol. The van der Waals surface area contributed by atoms with Crippen LogP contribution in [-0.2, 0) is 13.1 Å². The molecule has 5 heteroatoms. The number of hydrogen-bond acceptors (Lipinski definition) is 4. The third-order valence-electron chi connectivity index (χ3n) is 2.62. The van der Waals surface area contributed by atoms with Crippen LogP contribution in [0.2, 0.25) is 0 Å². The Morgan fingerprint density at radius 2 is 2.29 bits per heavy atom. The van der Waals surface area contributed by atoms with Crippen LogP contribution in [0.5, 0.6) is 0 Å². The molecule has 0 unspecified atom stereocenters. The van der Waals surface area contributed by atoms with Gasteiger partial charge < -0.3 is 10.3 Å². The second-order valence-electron chi connectivity index (χ2n) is 3.52. The SMILES string of the molecule is CCn1c(CN)nnc1SC1CCC1. The molecule has 1 heterocycles. The summed E-state index contributed by atoms with van der Waals surface area (Å²) in [6.45, 7) is 3.49. The smallest absolute Gasteiger partial charge is 0.191 e. The molecule has 1 saturated carbocycles. The van der Waals surface area contributed by atoms with E-state index in [1.165, 1.54) is 19.3 Å². The van der Waals surface area contributed by atoms with Crippen LogP contribution in [0, 0.1) is 0 Å². The monoisotopic (exact) mass is 212 g/mol. The molecule has 0 spiro atoms.